The van der Waals surface area contributed by atoms with Gasteiger partial charge in [-0.05, 0) is 6.07 Å². The first-order valence-electron chi connectivity index (χ1n) is 6.30. The van der Waals surface area contributed by atoms with Crippen molar-refractivity contribution in [3.05, 3.63) is 40.6 Å². The number of nitro benzene ring substituents is 1. The van der Waals surface area contributed by atoms with Gasteiger partial charge in [0.1, 0.15) is 17.8 Å². The number of fused-ring (bicyclic) bond motifs is 1. The lowest BCUT2D eigenvalue weighted by atomic mass is 10.2. The van der Waals surface area contributed by atoms with E-state index in [2.05, 4.69) is 0 Å². The molecule has 3 atom stereocenters. The molecule has 0 aliphatic carbocycles. The lowest BCUT2D eigenvalue weighted by Crippen LogP contribution is -2.24. The van der Waals surface area contributed by atoms with Crippen molar-refractivity contribution < 1.29 is 19.9 Å². The fourth-order valence-corrected chi connectivity index (χ4v) is 2.64. The molecule has 2 heterocycles. The highest BCUT2D eigenvalue weighted by Gasteiger charge is 2.35. The summed E-state index contributed by atoms with van der Waals surface area (Å²) in [4.78, 5) is 10.7. The van der Waals surface area contributed by atoms with Crippen LogP contribution in [-0.4, -0.2) is 38.5 Å². The smallest absolute Gasteiger partial charge is 0.293 e. The summed E-state index contributed by atoms with van der Waals surface area (Å²) < 4.78 is 7.20. The summed E-state index contributed by atoms with van der Waals surface area (Å²) in [5, 5.41) is 30.7. The Morgan fingerprint density at radius 3 is 2.90 bits per heavy atom. The van der Waals surface area contributed by atoms with Gasteiger partial charge in [0, 0.05) is 24.1 Å². The van der Waals surface area contributed by atoms with E-state index in [-0.39, 0.29) is 12.3 Å². The molecule has 1 saturated heterocycles. The van der Waals surface area contributed by atoms with E-state index in [1.165, 1.54) is 6.07 Å². The van der Waals surface area contributed by atoms with Gasteiger partial charge in [-0.25, -0.2) is 0 Å². The second kappa shape index (κ2) is 4.86. The monoisotopic (exact) mass is 278 g/mol. The second-order valence-electron chi connectivity index (χ2n) is 4.81. The van der Waals surface area contributed by atoms with Gasteiger partial charge in [-0.3, -0.25) is 10.1 Å². The molecule has 0 amide bonds. The third-order valence-corrected chi connectivity index (χ3v) is 3.61. The predicted octanol–water partition coefficient (Wildman–Crippen LogP) is 1.19. The SMILES string of the molecule is O=[N+]([O-])c1cccc2ccn([C@H]3C[C@H](O)[C@@H](CO)O3)c12. The maximum Gasteiger partial charge on any atom is 0.293 e. The largest absolute Gasteiger partial charge is 0.394 e. The Labute approximate surface area is 114 Å². The van der Waals surface area contributed by atoms with Crippen molar-refractivity contribution in [2.75, 3.05) is 6.61 Å². The molecule has 3 rings (SSSR count). The van der Waals surface area contributed by atoms with E-state index in [0.29, 0.717) is 11.9 Å². The van der Waals surface area contributed by atoms with Crippen LogP contribution < -0.4 is 0 Å². The predicted molar refractivity (Wildman–Crippen MR) is 70.2 cm³/mol. The fraction of sp³-hybridized carbons (Fsp3) is 0.385. The maximum atomic E-state index is 11.1. The molecule has 0 saturated carbocycles. The first-order chi connectivity index (χ1) is 9.61. The number of aliphatic hydroxyl groups excluding tert-OH is 2. The summed E-state index contributed by atoms with van der Waals surface area (Å²) in [7, 11) is 0. The number of rotatable bonds is 3. The number of aromatic nitrogens is 1. The minimum Gasteiger partial charge on any atom is -0.394 e. The molecule has 2 N–H and O–H groups in total. The van der Waals surface area contributed by atoms with E-state index in [0.717, 1.165) is 5.39 Å². The molecule has 7 heteroatoms. The Balaban J connectivity index is 2.07. The molecular formula is C13H14N2O5. The van der Waals surface area contributed by atoms with Gasteiger partial charge in [0.05, 0.1) is 17.6 Å². The van der Waals surface area contributed by atoms with E-state index >= 15 is 0 Å². The number of para-hydroxylation sites is 1. The van der Waals surface area contributed by atoms with Gasteiger partial charge in [0.15, 0.2) is 0 Å². The number of aliphatic hydroxyl groups is 2. The number of non-ortho nitro benzene ring substituents is 1. The van der Waals surface area contributed by atoms with Crippen LogP contribution >= 0.6 is 0 Å². The van der Waals surface area contributed by atoms with Crippen molar-refractivity contribution in [3.63, 3.8) is 0 Å². The highest BCUT2D eigenvalue weighted by atomic mass is 16.6. The van der Waals surface area contributed by atoms with Crippen molar-refractivity contribution in [1.29, 1.82) is 0 Å². The summed E-state index contributed by atoms with van der Waals surface area (Å²) in [5.74, 6) is 0. The second-order valence-corrected chi connectivity index (χ2v) is 4.81. The number of hydrogen-bond donors (Lipinski definition) is 2. The third kappa shape index (κ3) is 1.96. The van der Waals surface area contributed by atoms with E-state index in [1.54, 1.807) is 29.0 Å². The standard InChI is InChI=1S/C13H14N2O5/c16-7-11-10(17)6-12(20-11)14-5-4-8-2-1-3-9(13(8)14)15(18)19/h1-5,10-12,16-17H,6-7H2/t10-,11+,12+/m0/s1. The Hall–Kier alpha value is -1.96. The molecule has 1 aliphatic heterocycles. The van der Waals surface area contributed by atoms with Crippen LogP contribution in [0.5, 0.6) is 0 Å². The maximum absolute atomic E-state index is 11.1. The summed E-state index contributed by atoms with van der Waals surface area (Å²) in [6.07, 6.45) is 0.0572. The molecule has 1 aliphatic rings. The topological polar surface area (TPSA) is 97.8 Å². The van der Waals surface area contributed by atoms with Gasteiger partial charge in [-0.1, -0.05) is 12.1 Å². The van der Waals surface area contributed by atoms with Crippen LogP contribution in [0, 0.1) is 10.1 Å². The number of nitro groups is 1. The molecule has 7 nitrogen and oxygen atoms in total. The summed E-state index contributed by atoms with van der Waals surface area (Å²) >= 11 is 0. The number of benzene rings is 1. The Morgan fingerprint density at radius 1 is 1.45 bits per heavy atom. The Morgan fingerprint density at radius 2 is 2.25 bits per heavy atom. The first kappa shape index (κ1) is 13.0. The van der Waals surface area contributed by atoms with Crippen LogP contribution in [0.4, 0.5) is 5.69 Å². The zero-order valence-electron chi connectivity index (χ0n) is 10.5. The van der Waals surface area contributed by atoms with Crippen molar-refractivity contribution >= 4 is 16.6 Å². The molecular weight excluding hydrogens is 264 g/mol. The van der Waals surface area contributed by atoms with Crippen molar-refractivity contribution in [2.24, 2.45) is 0 Å². The van der Waals surface area contributed by atoms with E-state index < -0.39 is 23.4 Å². The van der Waals surface area contributed by atoms with Crippen LogP contribution in [0.2, 0.25) is 0 Å². The minimum absolute atomic E-state index is 0.00182. The average molecular weight is 278 g/mol. The molecule has 20 heavy (non-hydrogen) atoms. The van der Waals surface area contributed by atoms with Crippen LogP contribution in [0.1, 0.15) is 12.6 Å². The van der Waals surface area contributed by atoms with E-state index in [9.17, 15) is 15.2 Å². The normalized spacial score (nSPS) is 26.2. The summed E-state index contributed by atoms with van der Waals surface area (Å²) in [6, 6.07) is 6.62. The van der Waals surface area contributed by atoms with Gasteiger partial charge in [0.2, 0.25) is 0 Å². The Bertz CT molecular complexity index is 653. The zero-order valence-corrected chi connectivity index (χ0v) is 10.5. The minimum atomic E-state index is -0.773. The van der Waals surface area contributed by atoms with E-state index in [1.807, 2.05) is 0 Å². The number of hydrogen-bond acceptors (Lipinski definition) is 5. The summed E-state index contributed by atoms with van der Waals surface area (Å²) in [6.45, 7) is -0.279. The lowest BCUT2D eigenvalue weighted by molar-refractivity contribution is -0.383. The van der Waals surface area contributed by atoms with Gasteiger partial charge < -0.3 is 19.5 Å². The van der Waals surface area contributed by atoms with E-state index in [4.69, 9.17) is 9.84 Å². The highest BCUT2D eigenvalue weighted by molar-refractivity contribution is 5.88. The highest BCUT2D eigenvalue weighted by Crippen LogP contribution is 2.35. The average Bonchev–Trinajstić information content (AvgIpc) is 3.01. The first-order valence-corrected chi connectivity index (χ1v) is 6.30. The van der Waals surface area contributed by atoms with Crippen molar-refractivity contribution in [2.45, 2.75) is 24.9 Å². The van der Waals surface area contributed by atoms with Gasteiger partial charge in [0.25, 0.3) is 5.69 Å². The van der Waals surface area contributed by atoms with Crippen LogP contribution in [0.3, 0.4) is 0 Å². The van der Waals surface area contributed by atoms with Crippen LogP contribution in [0.15, 0.2) is 30.5 Å². The Kier molecular flexibility index (Phi) is 3.17. The molecule has 2 aromatic rings. The molecule has 1 fully saturated rings. The quantitative estimate of drug-likeness (QED) is 0.649. The molecule has 1 aromatic heterocycles. The molecule has 106 valence electrons. The molecule has 0 bridgehead atoms. The zero-order chi connectivity index (χ0) is 14.3. The molecule has 0 unspecified atom stereocenters. The summed E-state index contributed by atoms with van der Waals surface area (Å²) in [5.41, 5.74) is 0.464. The third-order valence-electron chi connectivity index (χ3n) is 3.61. The number of ether oxygens (including phenoxy) is 1. The van der Waals surface area contributed by atoms with Crippen molar-refractivity contribution in [3.8, 4) is 0 Å². The van der Waals surface area contributed by atoms with Gasteiger partial charge in [-0.2, -0.15) is 0 Å². The number of nitrogens with zero attached hydrogens (tertiary/aromatic N) is 2. The van der Waals surface area contributed by atoms with Crippen LogP contribution in [0.25, 0.3) is 10.9 Å². The molecule has 1 aromatic carbocycles. The fourth-order valence-electron chi connectivity index (χ4n) is 2.64. The van der Waals surface area contributed by atoms with Gasteiger partial charge >= 0.3 is 0 Å². The van der Waals surface area contributed by atoms with Crippen molar-refractivity contribution in [1.82, 2.24) is 4.57 Å². The lowest BCUT2D eigenvalue weighted by Gasteiger charge is -2.14. The molecule has 0 spiro atoms. The van der Waals surface area contributed by atoms with Crippen LogP contribution in [-0.2, 0) is 4.74 Å². The molecule has 0 radical (unpaired) electrons. The van der Waals surface area contributed by atoms with Gasteiger partial charge in [-0.15, -0.1) is 0 Å².